The number of nitrogens with zero attached hydrogens (tertiary/aromatic N) is 1. The summed E-state index contributed by atoms with van der Waals surface area (Å²) in [7, 11) is -4.14. The van der Waals surface area contributed by atoms with Gasteiger partial charge in [0.15, 0.2) is 0 Å². The lowest BCUT2D eigenvalue weighted by molar-refractivity contribution is -0.114. The summed E-state index contributed by atoms with van der Waals surface area (Å²) in [5.74, 6) is -1.93. The fraction of sp³-hybridized carbons (Fsp3) is 0.0909. The number of carbonyl (C=O) groups is 2. The zero-order chi connectivity index (χ0) is 22.6. The van der Waals surface area contributed by atoms with Crippen molar-refractivity contribution >= 4 is 44.9 Å². The number of carbonyl (C=O) groups excluding carboxylic acids is 1. The van der Waals surface area contributed by atoms with Gasteiger partial charge in [0.25, 0.3) is 10.0 Å². The third kappa shape index (κ3) is 5.04. The summed E-state index contributed by atoms with van der Waals surface area (Å²) in [5, 5.41) is 11.9. The van der Waals surface area contributed by atoms with Crippen LogP contribution in [0.5, 0.6) is 0 Å². The fourth-order valence-electron chi connectivity index (χ4n) is 2.89. The Morgan fingerprint density at radius 2 is 1.58 bits per heavy atom. The van der Waals surface area contributed by atoms with Gasteiger partial charge < -0.3 is 10.4 Å². The third-order valence-electron chi connectivity index (χ3n) is 4.45. The van der Waals surface area contributed by atoms with Crippen molar-refractivity contribution in [3.05, 3.63) is 88.9 Å². The SMILES string of the molecule is Cc1ccc(S(=O)(=O)N(CC(=O)Nc2ccccc2C(=O)O)c2ccccc2Cl)cc1. The fourth-order valence-corrected chi connectivity index (χ4v) is 4.62. The Morgan fingerprint density at radius 3 is 2.23 bits per heavy atom. The minimum Gasteiger partial charge on any atom is -0.478 e. The van der Waals surface area contributed by atoms with E-state index in [-0.39, 0.29) is 26.9 Å². The molecule has 0 fully saturated rings. The highest BCUT2D eigenvalue weighted by molar-refractivity contribution is 7.92. The molecule has 3 aromatic carbocycles. The molecule has 31 heavy (non-hydrogen) atoms. The van der Waals surface area contributed by atoms with Gasteiger partial charge in [-0.3, -0.25) is 9.10 Å². The van der Waals surface area contributed by atoms with Gasteiger partial charge in [-0.2, -0.15) is 0 Å². The van der Waals surface area contributed by atoms with Crippen LogP contribution < -0.4 is 9.62 Å². The van der Waals surface area contributed by atoms with Gasteiger partial charge in [-0.25, -0.2) is 13.2 Å². The van der Waals surface area contributed by atoms with E-state index in [1.165, 1.54) is 42.5 Å². The van der Waals surface area contributed by atoms with Crippen LogP contribution in [0, 0.1) is 6.92 Å². The monoisotopic (exact) mass is 458 g/mol. The number of amides is 1. The van der Waals surface area contributed by atoms with Crippen LogP contribution in [-0.4, -0.2) is 31.9 Å². The van der Waals surface area contributed by atoms with Gasteiger partial charge in [0, 0.05) is 0 Å². The van der Waals surface area contributed by atoms with Gasteiger partial charge in [-0.1, -0.05) is 53.6 Å². The normalized spacial score (nSPS) is 11.0. The quantitative estimate of drug-likeness (QED) is 0.552. The molecule has 7 nitrogen and oxygen atoms in total. The maximum atomic E-state index is 13.4. The van der Waals surface area contributed by atoms with Crippen LogP contribution >= 0.6 is 11.6 Å². The number of aryl methyl sites for hydroxylation is 1. The van der Waals surface area contributed by atoms with E-state index in [4.69, 9.17) is 11.6 Å². The van der Waals surface area contributed by atoms with E-state index in [1.807, 2.05) is 6.92 Å². The van der Waals surface area contributed by atoms with Gasteiger partial charge in [0.05, 0.1) is 26.9 Å². The first-order valence-corrected chi connectivity index (χ1v) is 11.0. The van der Waals surface area contributed by atoms with E-state index in [0.29, 0.717) is 0 Å². The number of rotatable bonds is 7. The average Bonchev–Trinajstić information content (AvgIpc) is 2.73. The molecule has 160 valence electrons. The van der Waals surface area contributed by atoms with E-state index in [1.54, 1.807) is 30.3 Å². The average molecular weight is 459 g/mol. The molecule has 0 radical (unpaired) electrons. The summed E-state index contributed by atoms with van der Waals surface area (Å²) in [4.78, 5) is 24.1. The zero-order valence-corrected chi connectivity index (χ0v) is 18.0. The summed E-state index contributed by atoms with van der Waals surface area (Å²) in [6, 6.07) is 18.3. The van der Waals surface area contributed by atoms with Crippen molar-refractivity contribution in [3.8, 4) is 0 Å². The molecule has 0 saturated carbocycles. The number of carboxylic acid groups (broad SMARTS) is 1. The van der Waals surface area contributed by atoms with Crippen LogP contribution in [0.25, 0.3) is 0 Å². The standard InChI is InChI=1S/C22H19ClN2O5S/c1-15-10-12-16(13-11-15)31(29,30)25(20-9-5-3-7-18(20)23)14-21(26)24-19-8-4-2-6-17(19)22(27)28/h2-13H,14H2,1H3,(H,24,26)(H,27,28). The highest BCUT2D eigenvalue weighted by Gasteiger charge is 2.29. The van der Waals surface area contributed by atoms with Crippen LogP contribution in [0.1, 0.15) is 15.9 Å². The van der Waals surface area contributed by atoms with Crippen LogP contribution in [-0.2, 0) is 14.8 Å². The van der Waals surface area contributed by atoms with Crippen molar-refractivity contribution in [2.45, 2.75) is 11.8 Å². The predicted molar refractivity (Wildman–Crippen MR) is 119 cm³/mol. The predicted octanol–water partition coefficient (Wildman–Crippen LogP) is 4.18. The van der Waals surface area contributed by atoms with Crippen LogP contribution in [0.2, 0.25) is 5.02 Å². The van der Waals surface area contributed by atoms with E-state index >= 15 is 0 Å². The molecule has 3 aromatic rings. The lowest BCUT2D eigenvalue weighted by atomic mass is 10.2. The number of sulfonamides is 1. The molecule has 2 N–H and O–H groups in total. The second kappa shape index (κ2) is 9.20. The number of hydrogen-bond acceptors (Lipinski definition) is 4. The largest absolute Gasteiger partial charge is 0.478 e. The van der Waals surface area contributed by atoms with E-state index in [9.17, 15) is 23.1 Å². The second-order valence-electron chi connectivity index (χ2n) is 6.68. The number of anilines is 2. The Morgan fingerprint density at radius 1 is 0.968 bits per heavy atom. The van der Waals surface area contributed by atoms with Crippen molar-refractivity contribution < 1.29 is 23.1 Å². The molecule has 0 saturated heterocycles. The summed E-state index contributed by atoms with van der Waals surface area (Å²) >= 11 is 6.23. The first kappa shape index (κ1) is 22.3. The molecule has 0 aliphatic heterocycles. The minimum absolute atomic E-state index is 0.00300. The molecule has 9 heteroatoms. The van der Waals surface area contributed by atoms with Gasteiger partial charge in [0.1, 0.15) is 6.54 Å². The van der Waals surface area contributed by atoms with Crippen molar-refractivity contribution in [2.24, 2.45) is 0 Å². The third-order valence-corrected chi connectivity index (χ3v) is 6.54. The second-order valence-corrected chi connectivity index (χ2v) is 8.94. The van der Waals surface area contributed by atoms with Crippen molar-refractivity contribution in [1.29, 1.82) is 0 Å². The Hall–Kier alpha value is -3.36. The first-order valence-electron chi connectivity index (χ1n) is 9.16. The molecule has 0 unspecified atom stereocenters. The molecular formula is C22H19ClN2O5S. The van der Waals surface area contributed by atoms with Crippen molar-refractivity contribution in [1.82, 2.24) is 0 Å². The number of nitrogens with one attached hydrogen (secondary N) is 1. The number of aromatic carboxylic acids is 1. The van der Waals surface area contributed by atoms with E-state index in [0.717, 1.165) is 9.87 Å². The van der Waals surface area contributed by atoms with Crippen molar-refractivity contribution in [2.75, 3.05) is 16.2 Å². The van der Waals surface area contributed by atoms with Gasteiger partial charge in [0.2, 0.25) is 5.91 Å². The summed E-state index contributed by atoms with van der Waals surface area (Å²) in [6.07, 6.45) is 0. The Balaban J connectivity index is 1.98. The lowest BCUT2D eigenvalue weighted by Gasteiger charge is -2.25. The lowest BCUT2D eigenvalue weighted by Crippen LogP contribution is -2.38. The molecule has 0 heterocycles. The molecule has 0 aromatic heterocycles. The zero-order valence-electron chi connectivity index (χ0n) is 16.4. The smallest absolute Gasteiger partial charge is 0.337 e. The van der Waals surface area contributed by atoms with Crippen LogP contribution in [0.15, 0.2) is 77.7 Å². The molecule has 0 aliphatic rings. The molecule has 3 rings (SSSR count). The van der Waals surface area contributed by atoms with Crippen LogP contribution in [0.4, 0.5) is 11.4 Å². The number of carboxylic acids is 1. The maximum absolute atomic E-state index is 13.4. The van der Waals surface area contributed by atoms with Crippen molar-refractivity contribution in [3.63, 3.8) is 0 Å². The minimum atomic E-state index is -4.14. The number of para-hydroxylation sites is 2. The molecule has 0 spiro atoms. The number of halogens is 1. The molecule has 0 bridgehead atoms. The van der Waals surface area contributed by atoms with Gasteiger partial charge in [-0.15, -0.1) is 0 Å². The Labute approximate surface area is 184 Å². The number of benzene rings is 3. The van der Waals surface area contributed by atoms with E-state index in [2.05, 4.69) is 5.32 Å². The van der Waals surface area contributed by atoms with Crippen LogP contribution in [0.3, 0.4) is 0 Å². The van der Waals surface area contributed by atoms with Gasteiger partial charge >= 0.3 is 5.97 Å². The first-order chi connectivity index (χ1) is 14.7. The maximum Gasteiger partial charge on any atom is 0.337 e. The Bertz CT molecular complexity index is 1230. The number of hydrogen-bond donors (Lipinski definition) is 2. The summed E-state index contributed by atoms with van der Waals surface area (Å²) in [5.41, 5.74) is 0.964. The highest BCUT2D eigenvalue weighted by atomic mass is 35.5. The molecule has 1 amide bonds. The molecular weight excluding hydrogens is 440 g/mol. The Kier molecular flexibility index (Phi) is 6.62. The summed E-state index contributed by atoms with van der Waals surface area (Å²) < 4.78 is 27.6. The highest BCUT2D eigenvalue weighted by Crippen LogP contribution is 2.30. The van der Waals surface area contributed by atoms with Gasteiger partial charge in [-0.05, 0) is 43.3 Å². The molecule has 0 atom stereocenters. The molecule has 0 aliphatic carbocycles. The van der Waals surface area contributed by atoms with E-state index < -0.39 is 28.4 Å². The topological polar surface area (TPSA) is 104 Å². The summed E-state index contributed by atoms with van der Waals surface area (Å²) in [6.45, 7) is 1.23.